The van der Waals surface area contributed by atoms with Gasteiger partial charge in [-0.05, 0) is 0 Å². The van der Waals surface area contributed by atoms with Crippen LogP contribution in [0.3, 0.4) is 0 Å². The third-order valence-electron chi connectivity index (χ3n) is 0. The van der Waals surface area contributed by atoms with Crippen molar-refractivity contribution < 1.29 is 46.8 Å². The molecule has 0 bridgehead atoms. The second-order valence-corrected chi connectivity index (χ2v) is 0. The van der Waals surface area contributed by atoms with E-state index in [1.165, 1.54) is 0 Å². The van der Waals surface area contributed by atoms with Crippen molar-refractivity contribution in [1.29, 1.82) is 0 Å². The first-order valence-electron chi connectivity index (χ1n) is 0. The third kappa shape index (κ3) is 8.96. The SMILES string of the molecule is [Cd].[InH3].[SnH2].[Zn]. The van der Waals surface area contributed by atoms with E-state index in [-0.39, 0.29) is 96.5 Å². The molecular formula is H5CdInSnZn. The van der Waals surface area contributed by atoms with E-state index in [0.717, 1.165) is 0 Å². The molecule has 2 radical (unpaired) electrons. The fraction of sp³-hybridized carbons (Fsp3) is 0. The molecular weight excluding hydrogens is 411 g/mol. The van der Waals surface area contributed by atoms with Crippen molar-refractivity contribution in [3.05, 3.63) is 0 Å². The predicted octanol–water partition coefficient (Wildman–Crippen LogP) is -2.11. The molecule has 0 heterocycles. The summed E-state index contributed by atoms with van der Waals surface area (Å²) in [5.41, 5.74) is 0. The first-order chi connectivity index (χ1) is 0. The molecule has 0 aliphatic heterocycles. The van der Waals surface area contributed by atoms with Gasteiger partial charge >= 0.3 is 49.8 Å². The minimum absolute atomic E-state index is 0. The second kappa shape index (κ2) is 16.4. The molecule has 0 atom stereocenters. The van der Waals surface area contributed by atoms with E-state index in [9.17, 15) is 0 Å². The van der Waals surface area contributed by atoms with Crippen molar-refractivity contribution in [3.8, 4) is 0 Å². The zero-order chi connectivity index (χ0) is 0. The largest absolute Gasteiger partial charge is 0 e. The molecule has 0 aromatic heterocycles. The van der Waals surface area contributed by atoms with Crippen molar-refractivity contribution in [1.82, 2.24) is 0 Å². The van der Waals surface area contributed by atoms with E-state index in [1.807, 2.05) is 0 Å². The molecule has 0 saturated heterocycles. The Morgan fingerprint density at radius 3 is 1.00 bits per heavy atom. The van der Waals surface area contributed by atoms with Gasteiger partial charge in [0.2, 0.25) is 0 Å². The molecule has 0 aromatic carbocycles. The van der Waals surface area contributed by atoms with Crippen molar-refractivity contribution in [2.45, 2.75) is 0 Å². The Hall–Kier alpha value is 3.21. The molecule has 0 nitrogen and oxygen atoms in total. The van der Waals surface area contributed by atoms with Crippen LogP contribution in [0.1, 0.15) is 0 Å². The Morgan fingerprint density at radius 2 is 1.00 bits per heavy atom. The van der Waals surface area contributed by atoms with Gasteiger partial charge in [-0.1, -0.05) is 0 Å². The van der Waals surface area contributed by atoms with Crippen LogP contribution in [0.25, 0.3) is 0 Å². The average Bonchev–Trinajstić information content (AvgIpc) is 0. The molecule has 0 N–H and O–H groups in total. The summed E-state index contributed by atoms with van der Waals surface area (Å²) in [6, 6.07) is 0. The number of hydrogen-bond acceptors (Lipinski definition) is 0. The van der Waals surface area contributed by atoms with Crippen LogP contribution in [0.4, 0.5) is 0 Å². The molecule has 0 fully saturated rings. The summed E-state index contributed by atoms with van der Waals surface area (Å²) < 4.78 is 0. The van der Waals surface area contributed by atoms with Crippen molar-refractivity contribution >= 4 is 49.8 Å². The summed E-state index contributed by atoms with van der Waals surface area (Å²) in [7, 11) is 0. The van der Waals surface area contributed by atoms with Gasteiger partial charge in [-0.2, -0.15) is 0 Å². The van der Waals surface area contributed by atoms with Crippen molar-refractivity contribution in [2.24, 2.45) is 0 Å². The average molecular weight is 416 g/mol. The van der Waals surface area contributed by atoms with E-state index < -0.39 is 0 Å². The molecule has 4 heteroatoms. The van der Waals surface area contributed by atoms with Crippen LogP contribution in [-0.2, 0) is 46.8 Å². The van der Waals surface area contributed by atoms with E-state index in [2.05, 4.69) is 0 Å². The van der Waals surface area contributed by atoms with Crippen LogP contribution in [-0.4, -0.2) is 49.8 Å². The van der Waals surface area contributed by atoms with E-state index in [1.54, 1.807) is 0 Å². The fourth-order valence-corrected chi connectivity index (χ4v) is 0. The quantitative estimate of drug-likeness (QED) is 0.397. The monoisotopic (exact) mass is 418 g/mol. The van der Waals surface area contributed by atoms with Gasteiger partial charge in [-0.3, -0.25) is 0 Å². The summed E-state index contributed by atoms with van der Waals surface area (Å²) in [4.78, 5) is 0. The topological polar surface area (TPSA) is 0 Å². The van der Waals surface area contributed by atoms with Crippen molar-refractivity contribution in [2.75, 3.05) is 0 Å². The Bertz CT molecular complexity index is 8.00. The molecule has 4 heavy (non-hydrogen) atoms. The van der Waals surface area contributed by atoms with Crippen LogP contribution in [0.15, 0.2) is 0 Å². The van der Waals surface area contributed by atoms with Gasteiger partial charge in [0.15, 0.2) is 0 Å². The zero-order valence-corrected chi connectivity index (χ0v) is 13.2. The van der Waals surface area contributed by atoms with Gasteiger partial charge in [-0.25, -0.2) is 0 Å². The van der Waals surface area contributed by atoms with Crippen LogP contribution in [0, 0.1) is 0 Å². The smallest absolute Gasteiger partial charge is 0 e. The summed E-state index contributed by atoms with van der Waals surface area (Å²) >= 11 is 0. The van der Waals surface area contributed by atoms with Gasteiger partial charge < -0.3 is 0 Å². The number of hydrogen-bond donors (Lipinski definition) is 0. The molecule has 0 spiro atoms. The summed E-state index contributed by atoms with van der Waals surface area (Å²) in [5.74, 6) is 0. The minimum Gasteiger partial charge on any atom is 0 e. The Kier molecular flexibility index (Phi) is 110. The van der Waals surface area contributed by atoms with Gasteiger partial charge in [0.25, 0.3) is 0 Å². The third-order valence-corrected chi connectivity index (χ3v) is 0. The van der Waals surface area contributed by atoms with Crippen LogP contribution in [0.5, 0.6) is 0 Å². The van der Waals surface area contributed by atoms with Crippen LogP contribution < -0.4 is 0 Å². The maximum atomic E-state index is 0. The molecule has 0 unspecified atom stereocenters. The minimum atomic E-state index is 0. The summed E-state index contributed by atoms with van der Waals surface area (Å²) in [6.07, 6.45) is 0. The molecule has 0 saturated carbocycles. The first-order valence-corrected chi connectivity index (χ1v) is 0. The van der Waals surface area contributed by atoms with Gasteiger partial charge in [-0.15, -0.1) is 0 Å². The van der Waals surface area contributed by atoms with E-state index in [0.29, 0.717) is 0 Å². The molecule has 0 rings (SSSR count). The number of rotatable bonds is 0. The molecule has 16 valence electrons. The van der Waals surface area contributed by atoms with Gasteiger partial charge in [0.1, 0.15) is 0 Å². The Morgan fingerprint density at radius 1 is 1.00 bits per heavy atom. The maximum Gasteiger partial charge on any atom is 0 e. The van der Waals surface area contributed by atoms with Crippen LogP contribution in [0.2, 0.25) is 0 Å². The standard InChI is InChI=1S/Cd.In.Sn.Zn.5H. The van der Waals surface area contributed by atoms with E-state index in [4.69, 9.17) is 0 Å². The van der Waals surface area contributed by atoms with Crippen molar-refractivity contribution in [3.63, 3.8) is 0 Å². The van der Waals surface area contributed by atoms with Gasteiger partial charge in [0, 0.05) is 46.8 Å². The Balaban J connectivity index is 0. The first kappa shape index (κ1) is 27.0. The Labute approximate surface area is 94.5 Å². The summed E-state index contributed by atoms with van der Waals surface area (Å²) in [5, 5.41) is 0. The molecule has 0 aliphatic rings. The van der Waals surface area contributed by atoms with Gasteiger partial charge in [0.05, 0.1) is 0 Å². The zero-order valence-electron chi connectivity index (χ0n) is 2.12. The molecule has 0 aromatic rings. The van der Waals surface area contributed by atoms with E-state index >= 15 is 0 Å². The second-order valence-electron chi connectivity index (χ2n) is 0. The fourth-order valence-electron chi connectivity index (χ4n) is 0. The summed E-state index contributed by atoms with van der Waals surface area (Å²) in [6.45, 7) is 0. The maximum absolute atomic E-state index is 0. The predicted molar refractivity (Wildman–Crippen MR) is 18.5 cm³/mol. The van der Waals surface area contributed by atoms with Crippen LogP contribution >= 0.6 is 0 Å². The normalized spacial score (nSPS) is 0. The molecule has 0 amide bonds. The molecule has 0 aliphatic carbocycles.